The maximum atomic E-state index is 11.5. The van der Waals surface area contributed by atoms with E-state index in [-0.39, 0.29) is 15.4 Å². The van der Waals surface area contributed by atoms with Crippen LogP contribution >= 0.6 is 23.4 Å². The highest BCUT2D eigenvalue weighted by Gasteiger charge is 2.48. The van der Waals surface area contributed by atoms with Crippen LogP contribution in [-0.4, -0.2) is 21.4 Å². The first-order chi connectivity index (χ1) is 6.87. The molecule has 0 radical (unpaired) electrons. The molecule has 15 heavy (non-hydrogen) atoms. The van der Waals surface area contributed by atoms with Gasteiger partial charge in [0, 0.05) is 5.25 Å². The molecule has 0 spiro atoms. The smallest absolute Gasteiger partial charge is 0.313 e. The molecule has 0 atom stereocenters. The van der Waals surface area contributed by atoms with Crippen LogP contribution in [0.3, 0.4) is 0 Å². The van der Waals surface area contributed by atoms with Crippen LogP contribution in [0.2, 0.25) is 0 Å². The number of halogens is 1. The van der Waals surface area contributed by atoms with Gasteiger partial charge in [0.05, 0.1) is 10.4 Å². The Morgan fingerprint density at radius 1 is 1.47 bits per heavy atom. The molecule has 3 nitrogen and oxygen atoms in total. The normalized spacial score (nSPS) is 19.1. The van der Waals surface area contributed by atoms with E-state index in [1.165, 1.54) is 6.08 Å². The Balaban J connectivity index is 2.68. The molecular formula is C10H13ClO3S. The van der Waals surface area contributed by atoms with Crippen molar-refractivity contribution >= 4 is 34.4 Å². The molecular weight excluding hydrogens is 236 g/mol. The summed E-state index contributed by atoms with van der Waals surface area (Å²) in [5.74, 6) is -0.900. The number of thioether (sulfide) groups is 1. The van der Waals surface area contributed by atoms with E-state index in [9.17, 15) is 9.59 Å². The van der Waals surface area contributed by atoms with Crippen LogP contribution in [0.25, 0.3) is 0 Å². The van der Waals surface area contributed by atoms with Gasteiger partial charge in [-0.15, -0.1) is 0 Å². The molecule has 0 amide bonds. The van der Waals surface area contributed by atoms with Crippen molar-refractivity contribution in [3.05, 3.63) is 11.1 Å². The predicted molar refractivity (Wildman–Crippen MR) is 61.0 cm³/mol. The van der Waals surface area contributed by atoms with Gasteiger partial charge in [0.2, 0.25) is 5.12 Å². The van der Waals surface area contributed by atoms with Crippen molar-refractivity contribution in [1.29, 1.82) is 0 Å². The van der Waals surface area contributed by atoms with Gasteiger partial charge in [0.25, 0.3) is 0 Å². The van der Waals surface area contributed by atoms with Gasteiger partial charge in [-0.3, -0.25) is 9.59 Å². The highest BCUT2D eigenvalue weighted by atomic mass is 35.5. The van der Waals surface area contributed by atoms with Crippen molar-refractivity contribution in [2.45, 2.75) is 31.9 Å². The van der Waals surface area contributed by atoms with Crippen molar-refractivity contribution < 1.29 is 14.7 Å². The summed E-state index contributed by atoms with van der Waals surface area (Å²) in [6.07, 6.45) is 2.52. The Hall–Kier alpha value is -0.480. The number of carboxylic acid groups (broad SMARTS) is 1. The van der Waals surface area contributed by atoms with Crippen LogP contribution < -0.4 is 0 Å². The van der Waals surface area contributed by atoms with E-state index in [0.717, 1.165) is 11.8 Å². The number of carbonyl (C=O) groups excluding carboxylic acids is 1. The monoisotopic (exact) mass is 248 g/mol. The minimum atomic E-state index is -0.900. The molecule has 84 valence electrons. The Labute approximate surface area is 97.9 Å². The Kier molecular flexibility index (Phi) is 3.84. The second-order valence-electron chi connectivity index (χ2n) is 3.91. The number of hydrogen-bond donors (Lipinski definition) is 1. The molecule has 1 aliphatic carbocycles. The summed E-state index contributed by atoms with van der Waals surface area (Å²) >= 11 is 6.88. The van der Waals surface area contributed by atoms with E-state index in [2.05, 4.69) is 0 Å². The summed E-state index contributed by atoms with van der Waals surface area (Å²) in [6, 6.07) is 0. The van der Waals surface area contributed by atoms with E-state index in [0.29, 0.717) is 12.8 Å². The zero-order valence-electron chi connectivity index (χ0n) is 8.62. The molecule has 1 aliphatic rings. The third kappa shape index (κ3) is 3.24. The predicted octanol–water partition coefficient (Wildman–Crippen LogP) is 2.64. The fraction of sp³-hybridized carbons (Fsp3) is 0.600. The third-order valence-electron chi connectivity index (χ3n) is 2.16. The first kappa shape index (κ1) is 12.6. The van der Waals surface area contributed by atoms with Gasteiger partial charge in [0.1, 0.15) is 0 Å². The first-order valence-corrected chi connectivity index (χ1v) is 5.96. The second-order valence-corrected chi connectivity index (χ2v) is 5.86. The van der Waals surface area contributed by atoms with E-state index in [4.69, 9.17) is 16.7 Å². The van der Waals surface area contributed by atoms with Gasteiger partial charge in [-0.2, -0.15) is 0 Å². The van der Waals surface area contributed by atoms with E-state index in [1.807, 2.05) is 13.8 Å². The number of hydrogen-bond acceptors (Lipinski definition) is 3. The van der Waals surface area contributed by atoms with Gasteiger partial charge < -0.3 is 5.11 Å². The summed E-state index contributed by atoms with van der Waals surface area (Å²) in [6.45, 7) is 3.77. The summed E-state index contributed by atoms with van der Waals surface area (Å²) in [7, 11) is 0. The standard InChI is InChI=1S/C10H13ClO3S/c1-6(2)15-8(12)7(11)5-10(3-4-10)9(13)14/h5-6H,3-4H2,1-2H3,(H,13,14). The van der Waals surface area contributed by atoms with Crippen molar-refractivity contribution in [2.24, 2.45) is 5.41 Å². The van der Waals surface area contributed by atoms with Crippen molar-refractivity contribution in [2.75, 3.05) is 0 Å². The van der Waals surface area contributed by atoms with Crippen molar-refractivity contribution in [3.63, 3.8) is 0 Å². The minimum Gasteiger partial charge on any atom is -0.481 e. The van der Waals surface area contributed by atoms with Gasteiger partial charge in [0.15, 0.2) is 0 Å². The first-order valence-electron chi connectivity index (χ1n) is 4.70. The van der Waals surface area contributed by atoms with Crippen molar-refractivity contribution in [1.82, 2.24) is 0 Å². The zero-order chi connectivity index (χ0) is 11.6. The summed E-state index contributed by atoms with van der Waals surface area (Å²) in [5.41, 5.74) is -0.871. The summed E-state index contributed by atoms with van der Waals surface area (Å²) in [4.78, 5) is 22.3. The highest BCUT2D eigenvalue weighted by molar-refractivity contribution is 8.14. The lowest BCUT2D eigenvalue weighted by molar-refractivity contribution is -0.141. The fourth-order valence-corrected chi connectivity index (χ4v) is 2.07. The van der Waals surface area contributed by atoms with E-state index in [1.54, 1.807) is 0 Å². The lowest BCUT2D eigenvalue weighted by Gasteiger charge is -2.05. The molecule has 0 aromatic heterocycles. The van der Waals surface area contributed by atoms with Crippen LogP contribution in [0.5, 0.6) is 0 Å². The molecule has 0 aliphatic heterocycles. The van der Waals surface area contributed by atoms with Gasteiger partial charge in [-0.1, -0.05) is 37.2 Å². The highest BCUT2D eigenvalue weighted by Crippen LogP contribution is 2.48. The van der Waals surface area contributed by atoms with Crippen LogP contribution in [0, 0.1) is 5.41 Å². The molecule has 1 saturated carbocycles. The topological polar surface area (TPSA) is 54.4 Å². The Morgan fingerprint density at radius 2 is 2.00 bits per heavy atom. The number of rotatable bonds is 4. The molecule has 1 N–H and O–H groups in total. The zero-order valence-corrected chi connectivity index (χ0v) is 10.2. The largest absolute Gasteiger partial charge is 0.481 e. The number of aliphatic carboxylic acids is 1. The van der Waals surface area contributed by atoms with E-state index >= 15 is 0 Å². The minimum absolute atomic E-state index is 0.0357. The lowest BCUT2D eigenvalue weighted by Crippen LogP contribution is -2.13. The molecule has 0 aromatic rings. The molecule has 0 bridgehead atoms. The molecule has 5 heteroatoms. The van der Waals surface area contributed by atoms with Crippen molar-refractivity contribution in [3.8, 4) is 0 Å². The molecule has 0 heterocycles. The van der Waals surface area contributed by atoms with Crippen LogP contribution in [0.15, 0.2) is 11.1 Å². The fourth-order valence-electron chi connectivity index (χ4n) is 1.13. The molecule has 1 fully saturated rings. The van der Waals surface area contributed by atoms with Gasteiger partial charge in [-0.25, -0.2) is 0 Å². The number of carboxylic acids is 1. The molecule has 0 aromatic carbocycles. The average molecular weight is 249 g/mol. The quantitative estimate of drug-likeness (QED) is 0.777. The van der Waals surface area contributed by atoms with Crippen LogP contribution in [-0.2, 0) is 9.59 Å². The van der Waals surface area contributed by atoms with Gasteiger partial charge in [-0.05, 0) is 18.9 Å². The third-order valence-corrected chi connectivity index (χ3v) is 3.45. The maximum absolute atomic E-state index is 11.5. The summed E-state index contributed by atoms with van der Waals surface area (Å²) in [5, 5.41) is 8.83. The lowest BCUT2D eigenvalue weighted by atomic mass is 10.1. The molecule has 0 saturated heterocycles. The Bertz CT molecular complexity index is 319. The second kappa shape index (κ2) is 4.58. The Morgan fingerprint density at radius 3 is 2.33 bits per heavy atom. The number of carbonyl (C=O) groups is 2. The van der Waals surface area contributed by atoms with Crippen LogP contribution in [0.4, 0.5) is 0 Å². The maximum Gasteiger partial charge on any atom is 0.313 e. The molecule has 0 unspecified atom stereocenters. The van der Waals surface area contributed by atoms with Crippen LogP contribution in [0.1, 0.15) is 26.7 Å². The van der Waals surface area contributed by atoms with Gasteiger partial charge >= 0.3 is 5.97 Å². The van der Waals surface area contributed by atoms with E-state index < -0.39 is 11.4 Å². The SMILES string of the molecule is CC(C)SC(=O)C(Cl)=CC1(C(=O)O)CC1. The molecule has 1 rings (SSSR count). The summed E-state index contributed by atoms with van der Waals surface area (Å²) < 4.78 is 0. The average Bonchev–Trinajstić information content (AvgIpc) is 2.84.